The van der Waals surface area contributed by atoms with Crippen molar-refractivity contribution in [2.75, 3.05) is 31.6 Å². The molecule has 0 aliphatic heterocycles. The van der Waals surface area contributed by atoms with Gasteiger partial charge in [0.25, 0.3) is 5.91 Å². The molecule has 0 fully saturated rings. The number of aryl methyl sites for hydroxylation is 1. The number of nitrogens with zero attached hydrogens (tertiary/aromatic N) is 2. The number of anilines is 1. The summed E-state index contributed by atoms with van der Waals surface area (Å²) in [5.41, 5.74) is 4.63. The van der Waals surface area contributed by atoms with Gasteiger partial charge in [-0.2, -0.15) is 0 Å². The molecule has 172 valence electrons. The maximum Gasteiger partial charge on any atom is 0.338 e. The van der Waals surface area contributed by atoms with Gasteiger partial charge in [0.05, 0.1) is 11.3 Å². The Kier molecular flexibility index (Phi) is 8.72. The van der Waals surface area contributed by atoms with Gasteiger partial charge in [0, 0.05) is 29.6 Å². The maximum absolute atomic E-state index is 12.6. The third-order valence-corrected chi connectivity index (χ3v) is 5.59. The van der Waals surface area contributed by atoms with E-state index in [1.807, 2.05) is 24.4 Å². The second kappa shape index (κ2) is 11.9. The third-order valence-electron chi connectivity index (χ3n) is 5.59. The average Bonchev–Trinajstić information content (AvgIpc) is 2.87. The first-order chi connectivity index (χ1) is 16.0. The Morgan fingerprint density at radius 2 is 1.55 bits per heavy atom. The van der Waals surface area contributed by atoms with Crippen molar-refractivity contribution in [3.8, 4) is 11.3 Å². The van der Waals surface area contributed by atoms with Crippen molar-refractivity contribution >= 4 is 17.6 Å². The van der Waals surface area contributed by atoms with E-state index >= 15 is 0 Å². The zero-order valence-corrected chi connectivity index (χ0v) is 19.5. The molecule has 0 aliphatic rings. The fraction of sp³-hybridized carbons (Fsp3) is 0.296. The number of nitrogens with one attached hydrogen (secondary N) is 1. The van der Waals surface area contributed by atoms with Crippen LogP contribution in [0.2, 0.25) is 0 Å². The highest BCUT2D eigenvalue weighted by Gasteiger charge is 2.10. The van der Waals surface area contributed by atoms with Crippen LogP contribution in [0.5, 0.6) is 0 Å². The summed E-state index contributed by atoms with van der Waals surface area (Å²) >= 11 is 0. The van der Waals surface area contributed by atoms with Gasteiger partial charge in [-0.3, -0.25) is 9.78 Å². The number of amides is 1. The molecule has 2 aromatic carbocycles. The van der Waals surface area contributed by atoms with Crippen LogP contribution >= 0.6 is 0 Å². The van der Waals surface area contributed by atoms with E-state index in [9.17, 15) is 9.59 Å². The Morgan fingerprint density at radius 3 is 2.12 bits per heavy atom. The minimum Gasteiger partial charge on any atom is -0.461 e. The van der Waals surface area contributed by atoms with Crippen LogP contribution in [0.3, 0.4) is 0 Å². The van der Waals surface area contributed by atoms with Crippen LogP contribution < -0.4 is 5.32 Å². The van der Waals surface area contributed by atoms with Crippen LogP contribution in [0, 0.1) is 0 Å². The molecule has 1 amide bonds. The molecule has 0 saturated heterocycles. The van der Waals surface area contributed by atoms with Crippen LogP contribution in [-0.4, -0.2) is 48.0 Å². The van der Waals surface area contributed by atoms with Crippen LogP contribution in [0.1, 0.15) is 47.1 Å². The van der Waals surface area contributed by atoms with E-state index in [0.29, 0.717) is 30.0 Å². The lowest BCUT2D eigenvalue weighted by Gasteiger charge is -2.17. The summed E-state index contributed by atoms with van der Waals surface area (Å²) in [5, 5.41) is 2.86. The second-order valence-electron chi connectivity index (χ2n) is 7.68. The normalized spacial score (nSPS) is 10.8. The largest absolute Gasteiger partial charge is 0.461 e. The topological polar surface area (TPSA) is 71.5 Å². The first kappa shape index (κ1) is 24.1. The highest BCUT2D eigenvalue weighted by atomic mass is 16.5. The lowest BCUT2D eigenvalue weighted by atomic mass is 10.1. The van der Waals surface area contributed by atoms with Crippen molar-refractivity contribution in [1.29, 1.82) is 0 Å². The number of benzene rings is 2. The third kappa shape index (κ3) is 6.73. The van der Waals surface area contributed by atoms with Crippen molar-refractivity contribution in [1.82, 2.24) is 9.88 Å². The number of carbonyl (C=O) groups is 2. The standard InChI is InChI=1S/C27H31N3O3/c1-4-20-7-16-25(28-19-20)21-8-10-22(11-9-21)26(31)29-24-14-12-23(13-15-24)27(32)33-18-17-30(5-2)6-3/h7-16,19H,4-6,17-18H2,1-3H3,(H,29,31). The number of hydrogen-bond acceptors (Lipinski definition) is 5. The molecular formula is C27H31N3O3. The Labute approximate surface area is 195 Å². The molecular weight excluding hydrogens is 414 g/mol. The molecule has 0 saturated carbocycles. The molecule has 0 spiro atoms. The summed E-state index contributed by atoms with van der Waals surface area (Å²) in [7, 11) is 0. The van der Waals surface area contributed by atoms with Crippen LogP contribution in [0.25, 0.3) is 11.3 Å². The zero-order valence-electron chi connectivity index (χ0n) is 19.5. The lowest BCUT2D eigenvalue weighted by molar-refractivity contribution is 0.0466. The Hall–Kier alpha value is -3.51. The summed E-state index contributed by atoms with van der Waals surface area (Å²) in [6.07, 6.45) is 2.83. The monoisotopic (exact) mass is 445 g/mol. The zero-order chi connectivity index (χ0) is 23.6. The summed E-state index contributed by atoms with van der Waals surface area (Å²) in [6, 6.07) is 18.1. The van der Waals surface area contributed by atoms with E-state index in [1.165, 1.54) is 5.56 Å². The van der Waals surface area contributed by atoms with Crippen LogP contribution in [0.4, 0.5) is 5.69 Å². The van der Waals surface area contributed by atoms with Crippen molar-refractivity contribution < 1.29 is 14.3 Å². The Balaban J connectivity index is 1.55. The molecule has 6 nitrogen and oxygen atoms in total. The number of carbonyl (C=O) groups excluding carboxylic acids is 2. The van der Waals surface area contributed by atoms with Gasteiger partial charge in [0.2, 0.25) is 0 Å². The molecule has 3 rings (SSSR count). The highest BCUT2D eigenvalue weighted by molar-refractivity contribution is 6.04. The van der Waals surface area contributed by atoms with Gasteiger partial charge in [-0.05, 0) is 67.5 Å². The molecule has 0 atom stereocenters. The lowest BCUT2D eigenvalue weighted by Crippen LogP contribution is -2.27. The van der Waals surface area contributed by atoms with Gasteiger partial charge in [-0.25, -0.2) is 4.79 Å². The number of esters is 1. The summed E-state index contributed by atoms with van der Waals surface area (Å²) in [6.45, 7) is 9.17. The molecule has 0 unspecified atom stereocenters. The highest BCUT2D eigenvalue weighted by Crippen LogP contribution is 2.19. The van der Waals surface area contributed by atoms with Crippen molar-refractivity contribution in [3.63, 3.8) is 0 Å². The number of ether oxygens (including phenoxy) is 1. The van der Waals surface area contributed by atoms with Gasteiger partial charge in [0.15, 0.2) is 0 Å². The number of pyridine rings is 1. The van der Waals surface area contributed by atoms with E-state index < -0.39 is 0 Å². The first-order valence-corrected chi connectivity index (χ1v) is 11.4. The molecule has 1 heterocycles. The van der Waals surface area contributed by atoms with E-state index in [0.717, 1.165) is 30.8 Å². The van der Waals surface area contributed by atoms with E-state index in [4.69, 9.17) is 4.74 Å². The predicted octanol–water partition coefficient (Wildman–Crippen LogP) is 5.06. The summed E-state index contributed by atoms with van der Waals surface area (Å²) < 4.78 is 5.34. The fourth-order valence-electron chi connectivity index (χ4n) is 3.38. The van der Waals surface area contributed by atoms with Crippen molar-refractivity contribution in [2.24, 2.45) is 0 Å². The van der Waals surface area contributed by atoms with Gasteiger partial charge < -0.3 is 15.0 Å². The minimum atomic E-state index is -0.365. The van der Waals surface area contributed by atoms with Crippen LogP contribution in [-0.2, 0) is 11.2 Å². The molecule has 0 aliphatic carbocycles. The minimum absolute atomic E-state index is 0.217. The number of hydrogen-bond donors (Lipinski definition) is 1. The molecule has 3 aromatic rings. The van der Waals surface area contributed by atoms with Gasteiger partial charge in [-0.1, -0.05) is 39.0 Å². The van der Waals surface area contributed by atoms with Crippen molar-refractivity contribution in [3.05, 3.63) is 83.6 Å². The van der Waals surface area contributed by atoms with Gasteiger partial charge >= 0.3 is 5.97 Å². The van der Waals surface area contributed by atoms with E-state index in [-0.39, 0.29) is 11.9 Å². The van der Waals surface area contributed by atoms with E-state index in [2.05, 4.69) is 42.0 Å². The fourth-order valence-corrected chi connectivity index (χ4v) is 3.38. The number of aromatic nitrogens is 1. The molecule has 33 heavy (non-hydrogen) atoms. The van der Waals surface area contributed by atoms with Crippen LogP contribution in [0.15, 0.2) is 66.9 Å². The SMILES string of the molecule is CCc1ccc(-c2ccc(C(=O)Nc3ccc(C(=O)OCCN(CC)CC)cc3)cc2)nc1. The van der Waals surface area contributed by atoms with Gasteiger partial charge in [0.1, 0.15) is 6.61 Å². The van der Waals surface area contributed by atoms with Crippen molar-refractivity contribution in [2.45, 2.75) is 27.2 Å². The predicted molar refractivity (Wildman–Crippen MR) is 132 cm³/mol. The number of likely N-dealkylation sites (N-methyl/N-ethyl adjacent to an activating group) is 1. The Bertz CT molecular complexity index is 1040. The van der Waals surface area contributed by atoms with E-state index in [1.54, 1.807) is 36.4 Å². The smallest absolute Gasteiger partial charge is 0.338 e. The molecule has 0 radical (unpaired) electrons. The first-order valence-electron chi connectivity index (χ1n) is 11.4. The molecule has 1 aromatic heterocycles. The molecule has 1 N–H and O–H groups in total. The number of rotatable bonds is 10. The molecule has 6 heteroatoms. The quantitative estimate of drug-likeness (QED) is 0.442. The molecule has 0 bridgehead atoms. The van der Waals surface area contributed by atoms with Gasteiger partial charge in [-0.15, -0.1) is 0 Å². The Morgan fingerprint density at radius 1 is 0.879 bits per heavy atom. The maximum atomic E-state index is 12.6. The average molecular weight is 446 g/mol. The summed E-state index contributed by atoms with van der Waals surface area (Å²) in [5.74, 6) is -0.582. The second-order valence-corrected chi connectivity index (χ2v) is 7.68. The summed E-state index contributed by atoms with van der Waals surface area (Å²) in [4.78, 5) is 31.5.